The van der Waals surface area contributed by atoms with Crippen LogP contribution in [-0.4, -0.2) is 0 Å². The van der Waals surface area contributed by atoms with Crippen LogP contribution < -0.4 is 0 Å². The van der Waals surface area contributed by atoms with Crippen molar-refractivity contribution < 1.29 is 0 Å². The van der Waals surface area contributed by atoms with Gasteiger partial charge in [-0.05, 0) is 35.6 Å². The highest BCUT2D eigenvalue weighted by Crippen LogP contribution is 2.35. The highest BCUT2D eigenvalue weighted by molar-refractivity contribution is 7.11. The number of hydrogen-bond acceptors (Lipinski definition) is 1. The van der Waals surface area contributed by atoms with Crippen molar-refractivity contribution in [2.45, 2.75) is 11.8 Å². The normalized spacial score (nSPS) is 12.7. The first-order valence-corrected chi connectivity index (χ1v) is 7.34. The van der Waals surface area contributed by atoms with Crippen LogP contribution in [0.1, 0.15) is 15.8 Å². The van der Waals surface area contributed by atoms with Gasteiger partial charge in [-0.2, -0.15) is 0 Å². The largest absolute Gasteiger partial charge is 0.146 e. The summed E-state index contributed by atoms with van der Waals surface area (Å²) < 4.78 is 0. The molecule has 0 radical (unpaired) electrons. The summed E-state index contributed by atoms with van der Waals surface area (Å²) in [5.41, 5.74) is 1.05. The van der Waals surface area contributed by atoms with Gasteiger partial charge in [0.1, 0.15) is 0 Å². The quantitative estimate of drug-likeness (QED) is 0.587. The second-order valence-corrected chi connectivity index (χ2v) is 6.25. The number of rotatable bonds is 3. The van der Waals surface area contributed by atoms with E-state index in [1.807, 2.05) is 23.6 Å². The zero-order valence-electron chi connectivity index (χ0n) is 8.59. The van der Waals surface area contributed by atoms with Gasteiger partial charge in [-0.25, -0.2) is 0 Å². The van der Waals surface area contributed by atoms with Crippen molar-refractivity contribution in [1.82, 2.24) is 0 Å². The van der Waals surface area contributed by atoms with Gasteiger partial charge in [-0.1, -0.05) is 40.9 Å². The molecule has 0 aliphatic carbocycles. The van der Waals surface area contributed by atoms with Crippen molar-refractivity contribution in [3.63, 3.8) is 0 Å². The van der Waals surface area contributed by atoms with E-state index in [2.05, 4.69) is 0 Å². The van der Waals surface area contributed by atoms with E-state index in [1.165, 1.54) is 0 Å². The van der Waals surface area contributed by atoms with E-state index in [9.17, 15) is 0 Å². The molecule has 0 aliphatic heterocycles. The molecule has 0 nitrogen and oxygen atoms in total. The van der Waals surface area contributed by atoms with Crippen LogP contribution in [0, 0.1) is 0 Å². The average molecular weight is 326 g/mol. The van der Waals surface area contributed by atoms with E-state index < -0.39 is 0 Å². The Hall–Kier alpha value is 0.0800. The summed E-state index contributed by atoms with van der Waals surface area (Å²) in [6, 6.07) is 7.39. The number of halogens is 4. The first kappa shape index (κ1) is 13.5. The molecule has 2 aromatic rings. The number of alkyl halides is 1. The fourth-order valence-electron chi connectivity index (χ4n) is 1.50. The lowest BCUT2D eigenvalue weighted by molar-refractivity contribution is 0.940. The van der Waals surface area contributed by atoms with Crippen LogP contribution in [0.2, 0.25) is 15.1 Å². The van der Waals surface area contributed by atoms with Crippen LogP contribution in [0.3, 0.4) is 0 Å². The maximum atomic E-state index is 6.33. The monoisotopic (exact) mass is 324 g/mol. The molecule has 1 atom stereocenters. The molecule has 0 N–H and O–H groups in total. The molecule has 2 rings (SSSR count). The molecular weight excluding hydrogens is 318 g/mol. The Morgan fingerprint density at radius 2 is 1.76 bits per heavy atom. The fraction of sp³-hybridized carbons (Fsp3) is 0.167. The Morgan fingerprint density at radius 1 is 1.00 bits per heavy atom. The zero-order chi connectivity index (χ0) is 12.4. The van der Waals surface area contributed by atoms with E-state index >= 15 is 0 Å². The van der Waals surface area contributed by atoms with Crippen molar-refractivity contribution in [2.24, 2.45) is 0 Å². The molecule has 17 heavy (non-hydrogen) atoms. The molecule has 0 spiro atoms. The van der Waals surface area contributed by atoms with Crippen LogP contribution in [0.5, 0.6) is 0 Å². The molecule has 1 aromatic heterocycles. The molecule has 5 heteroatoms. The van der Waals surface area contributed by atoms with Crippen LogP contribution in [0.15, 0.2) is 29.6 Å². The Bertz CT molecular complexity index is 521. The van der Waals surface area contributed by atoms with E-state index in [0.29, 0.717) is 16.5 Å². The number of benzene rings is 1. The van der Waals surface area contributed by atoms with Gasteiger partial charge in [0.15, 0.2) is 0 Å². The van der Waals surface area contributed by atoms with Crippen LogP contribution >= 0.6 is 57.7 Å². The molecule has 0 fully saturated rings. The highest BCUT2D eigenvalue weighted by Gasteiger charge is 2.14. The van der Waals surface area contributed by atoms with Gasteiger partial charge < -0.3 is 0 Å². The number of hydrogen-bond donors (Lipinski definition) is 0. The summed E-state index contributed by atoms with van der Waals surface area (Å²) >= 11 is 25.7. The van der Waals surface area contributed by atoms with Crippen molar-refractivity contribution in [3.8, 4) is 0 Å². The predicted octanol–water partition coefficient (Wildman–Crippen LogP) is 6.23. The lowest BCUT2D eigenvalue weighted by Gasteiger charge is -2.09. The summed E-state index contributed by atoms with van der Waals surface area (Å²) in [4.78, 5) is 0.986. The molecule has 0 bridgehead atoms. The van der Waals surface area contributed by atoms with Gasteiger partial charge in [0.25, 0.3) is 0 Å². The second kappa shape index (κ2) is 5.81. The fourth-order valence-corrected chi connectivity index (χ4v) is 3.49. The minimum Gasteiger partial charge on any atom is -0.146 e. The highest BCUT2D eigenvalue weighted by atomic mass is 35.5. The molecule has 0 aliphatic rings. The van der Waals surface area contributed by atoms with E-state index in [4.69, 9.17) is 46.4 Å². The minimum absolute atomic E-state index is 0.139. The van der Waals surface area contributed by atoms with Gasteiger partial charge in [0, 0.05) is 4.88 Å². The molecule has 1 unspecified atom stereocenters. The first-order valence-electron chi connectivity index (χ1n) is 4.89. The topological polar surface area (TPSA) is 0 Å². The van der Waals surface area contributed by atoms with Crippen LogP contribution in [-0.2, 0) is 6.42 Å². The minimum atomic E-state index is -0.139. The van der Waals surface area contributed by atoms with Crippen molar-refractivity contribution in [2.75, 3.05) is 0 Å². The Morgan fingerprint density at radius 3 is 2.35 bits per heavy atom. The SMILES string of the molecule is Clc1ccc(CC(Cl)c2sccc2Cl)cc1Cl. The standard InChI is InChI=1S/C12H8Cl4S/c13-8-2-1-7(5-10(8)15)6-11(16)12-9(14)3-4-17-12/h1-5,11H,6H2. The van der Waals surface area contributed by atoms with Crippen molar-refractivity contribution >= 4 is 57.7 Å². The first-order chi connectivity index (χ1) is 8.08. The van der Waals surface area contributed by atoms with Gasteiger partial charge in [0.2, 0.25) is 0 Å². The lowest BCUT2D eigenvalue weighted by atomic mass is 10.1. The average Bonchev–Trinajstić information content (AvgIpc) is 2.70. The molecule has 0 saturated carbocycles. The van der Waals surface area contributed by atoms with E-state index in [-0.39, 0.29) is 5.38 Å². The van der Waals surface area contributed by atoms with E-state index in [1.54, 1.807) is 17.4 Å². The molecule has 0 saturated heterocycles. The summed E-state index contributed by atoms with van der Waals surface area (Å²) in [5, 5.41) is 3.61. The molecule has 1 heterocycles. The third-order valence-corrected chi connectivity index (χ3v) is 5.04. The van der Waals surface area contributed by atoms with Crippen molar-refractivity contribution in [1.29, 1.82) is 0 Å². The predicted molar refractivity (Wildman–Crippen MR) is 78.1 cm³/mol. The Balaban J connectivity index is 2.16. The Labute approximate surface area is 124 Å². The lowest BCUT2D eigenvalue weighted by Crippen LogP contribution is -1.94. The molecular formula is C12H8Cl4S. The summed E-state index contributed by atoms with van der Waals surface area (Å²) in [6.45, 7) is 0. The summed E-state index contributed by atoms with van der Waals surface area (Å²) in [7, 11) is 0. The maximum absolute atomic E-state index is 6.33. The van der Waals surface area contributed by atoms with Crippen LogP contribution in [0.25, 0.3) is 0 Å². The van der Waals surface area contributed by atoms with E-state index in [0.717, 1.165) is 15.5 Å². The zero-order valence-corrected chi connectivity index (χ0v) is 12.4. The third-order valence-electron chi connectivity index (χ3n) is 2.33. The molecule has 90 valence electrons. The smallest absolute Gasteiger partial charge is 0.0733 e. The third kappa shape index (κ3) is 3.30. The van der Waals surface area contributed by atoms with Gasteiger partial charge >= 0.3 is 0 Å². The summed E-state index contributed by atoms with van der Waals surface area (Å²) in [5.74, 6) is 0. The van der Waals surface area contributed by atoms with Gasteiger partial charge in [-0.3, -0.25) is 0 Å². The molecule has 0 amide bonds. The van der Waals surface area contributed by atoms with Crippen LogP contribution in [0.4, 0.5) is 0 Å². The Kier molecular flexibility index (Phi) is 4.62. The van der Waals surface area contributed by atoms with Crippen molar-refractivity contribution in [3.05, 3.63) is 55.2 Å². The maximum Gasteiger partial charge on any atom is 0.0733 e. The summed E-state index contributed by atoms with van der Waals surface area (Å²) in [6.07, 6.45) is 0.679. The van der Waals surface area contributed by atoms with Gasteiger partial charge in [-0.15, -0.1) is 22.9 Å². The van der Waals surface area contributed by atoms with Gasteiger partial charge in [0.05, 0.1) is 20.4 Å². The number of thiophene rings is 1. The second-order valence-electron chi connectivity index (χ2n) is 3.55. The molecule has 1 aromatic carbocycles.